The number of carbonyl (C=O) groups excluding carboxylic acids is 2. The molecule has 0 aliphatic carbocycles. The number of β-lactam (4-membered cyclic amide) rings is 1. The fraction of sp³-hybridized carbons (Fsp3) is 0.389. The number of amides is 2. The number of benzene rings is 1. The normalized spacial score (nSPS) is 21.9. The molecule has 0 bridgehead atoms. The van der Waals surface area contributed by atoms with Crippen molar-refractivity contribution in [1.82, 2.24) is 9.80 Å². The van der Waals surface area contributed by atoms with E-state index in [1.54, 1.807) is 7.05 Å². The average Bonchev–Trinajstić information content (AvgIpc) is 2.62. The number of thioether (sulfide) groups is 1. The first-order chi connectivity index (χ1) is 12.5. The third kappa shape index (κ3) is 3.22. The molecule has 3 rings (SSSR count). The number of rotatable bonds is 6. The van der Waals surface area contributed by atoms with Gasteiger partial charge in [-0.3, -0.25) is 14.5 Å². The number of hydrogen-bond acceptors (Lipinski definition) is 5. The van der Waals surface area contributed by atoms with E-state index in [0.717, 1.165) is 5.56 Å². The summed E-state index contributed by atoms with van der Waals surface area (Å²) in [5, 5.41) is 9.13. The van der Waals surface area contributed by atoms with Gasteiger partial charge in [0.15, 0.2) is 0 Å². The molecule has 0 aromatic heterocycles. The molecule has 7 nitrogen and oxygen atoms in total. The Balaban J connectivity index is 1.75. The van der Waals surface area contributed by atoms with Crippen molar-refractivity contribution < 1.29 is 24.2 Å². The van der Waals surface area contributed by atoms with E-state index in [0.29, 0.717) is 11.3 Å². The van der Waals surface area contributed by atoms with E-state index in [2.05, 4.69) is 0 Å². The molecule has 0 saturated carbocycles. The van der Waals surface area contributed by atoms with Gasteiger partial charge in [-0.15, -0.1) is 11.8 Å². The van der Waals surface area contributed by atoms with Crippen LogP contribution < -0.4 is 0 Å². The zero-order valence-corrected chi connectivity index (χ0v) is 15.4. The van der Waals surface area contributed by atoms with E-state index >= 15 is 0 Å². The summed E-state index contributed by atoms with van der Waals surface area (Å²) in [6.45, 7) is 0.165. The molecule has 1 fully saturated rings. The summed E-state index contributed by atoms with van der Waals surface area (Å²) in [7, 11) is 3.08. The molecule has 1 aromatic carbocycles. The van der Waals surface area contributed by atoms with Crippen LogP contribution in [-0.4, -0.2) is 70.6 Å². The van der Waals surface area contributed by atoms with Crippen LogP contribution in [0.25, 0.3) is 0 Å². The zero-order chi connectivity index (χ0) is 18.8. The van der Waals surface area contributed by atoms with Crippen LogP contribution in [0.2, 0.25) is 0 Å². The largest absolute Gasteiger partial charge is 0.477 e. The van der Waals surface area contributed by atoms with Crippen molar-refractivity contribution in [2.45, 2.75) is 17.8 Å². The van der Waals surface area contributed by atoms with Gasteiger partial charge in [0.1, 0.15) is 17.1 Å². The number of aliphatic carboxylic acids is 1. The van der Waals surface area contributed by atoms with Crippen LogP contribution in [0, 0.1) is 0 Å². The molecule has 138 valence electrons. The SMILES string of the molecule is COCC1=C(C(=O)O)N2C(=O)[C@@H](N(C)C(=O)Cc3ccccc3)C2SC1. The molecule has 1 aromatic rings. The Labute approximate surface area is 155 Å². The average molecular weight is 376 g/mol. The summed E-state index contributed by atoms with van der Waals surface area (Å²) in [6.07, 6.45) is 0.203. The quantitative estimate of drug-likeness (QED) is 0.744. The first-order valence-corrected chi connectivity index (χ1v) is 9.19. The summed E-state index contributed by atoms with van der Waals surface area (Å²) >= 11 is 1.46. The van der Waals surface area contributed by atoms with Gasteiger partial charge in [0.25, 0.3) is 5.91 Å². The lowest BCUT2D eigenvalue weighted by Crippen LogP contribution is -2.70. The van der Waals surface area contributed by atoms with Gasteiger partial charge in [0.2, 0.25) is 5.91 Å². The highest BCUT2D eigenvalue weighted by molar-refractivity contribution is 8.00. The summed E-state index contributed by atoms with van der Waals surface area (Å²) in [5.41, 5.74) is 1.44. The van der Waals surface area contributed by atoms with Crippen molar-refractivity contribution in [3.05, 3.63) is 47.2 Å². The summed E-state index contributed by atoms with van der Waals surface area (Å²) in [6, 6.07) is 8.67. The Hall–Kier alpha value is -2.32. The number of fused-ring (bicyclic) bond motifs is 1. The van der Waals surface area contributed by atoms with E-state index in [9.17, 15) is 19.5 Å². The van der Waals surface area contributed by atoms with Crippen LogP contribution in [0.5, 0.6) is 0 Å². The standard InChI is InChI=1S/C18H20N2O5S/c1-19(13(21)8-11-6-4-3-5-7-11)15-16(22)20-14(18(23)24)12(9-25-2)10-26-17(15)20/h3-7,15,17H,8-10H2,1-2H3,(H,23,24)/t15-,17?/m1/s1. The molecule has 2 amide bonds. The first kappa shape index (κ1) is 18.5. The second-order valence-corrected chi connectivity index (χ2v) is 7.32. The molecule has 2 aliphatic rings. The molecule has 8 heteroatoms. The molecule has 1 unspecified atom stereocenters. The van der Waals surface area contributed by atoms with Gasteiger partial charge in [0.05, 0.1) is 13.0 Å². The minimum atomic E-state index is -1.15. The van der Waals surface area contributed by atoms with E-state index in [-0.39, 0.29) is 35.9 Å². The van der Waals surface area contributed by atoms with Gasteiger partial charge in [-0.1, -0.05) is 30.3 Å². The number of methoxy groups -OCH3 is 1. The van der Waals surface area contributed by atoms with Crippen LogP contribution in [-0.2, 0) is 25.5 Å². The Morgan fingerprint density at radius 1 is 1.35 bits per heavy atom. The third-order valence-corrected chi connectivity index (χ3v) is 5.87. The second kappa shape index (κ2) is 7.51. The molecule has 26 heavy (non-hydrogen) atoms. The van der Waals surface area contributed by atoms with Crippen LogP contribution in [0.3, 0.4) is 0 Å². The van der Waals surface area contributed by atoms with Gasteiger partial charge in [-0.05, 0) is 11.1 Å². The van der Waals surface area contributed by atoms with E-state index < -0.39 is 12.0 Å². The molecule has 1 saturated heterocycles. The fourth-order valence-electron chi connectivity index (χ4n) is 3.22. The van der Waals surface area contributed by atoms with Crippen molar-refractivity contribution >= 4 is 29.5 Å². The van der Waals surface area contributed by atoms with Gasteiger partial charge in [-0.2, -0.15) is 0 Å². The highest BCUT2D eigenvalue weighted by atomic mass is 32.2. The predicted octanol–water partition coefficient (Wildman–Crippen LogP) is 0.956. The molecular formula is C18H20N2O5S. The van der Waals surface area contributed by atoms with Crippen molar-refractivity contribution in [2.24, 2.45) is 0 Å². The lowest BCUT2D eigenvalue weighted by atomic mass is 10.0. The Bertz CT molecular complexity index is 764. The number of carbonyl (C=O) groups is 3. The number of carboxylic acid groups (broad SMARTS) is 1. The van der Waals surface area contributed by atoms with Crippen molar-refractivity contribution in [1.29, 1.82) is 0 Å². The molecule has 0 spiro atoms. The monoisotopic (exact) mass is 376 g/mol. The summed E-state index contributed by atoms with van der Waals surface area (Å²) in [4.78, 5) is 39.5. The van der Waals surface area contributed by atoms with Crippen molar-refractivity contribution in [3.63, 3.8) is 0 Å². The van der Waals surface area contributed by atoms with Crippen LogP contribution in [0.4, 0.5) is 0 Å². The first-order valence-electron chi connectivity index (χ1n) is 8.14. The summed E-state index contributed by atoms with van der Waals surface area (Å²) in [5.74, 6) is -1.22. The van der Waals surface area contributed by atoms with Crippen molar-refractivity contribution in [2.75, 3.05) is 26.5 Å². The van der Waals surface area contributed by atoms with Crippen LogP contribution >= 0.6 is 11.8 Å². The maximum absolute atomic E-state index is 12.6. The van der Waals surface area contributed by atoms with E-state index in [1.165, 1.54) is 28.7 Å². The number of carboxylic acids is 1. The lowest BCUT2D eigenvalue weighted by Gasteiger charge is -2.52. The topological polar surface area (TPSA) is 87.2 Å². The molecule has 2 heterocycles. The Morgan fingerprint density at radius 3 is 2.65 bits per heavy atom. The molecule has 1 N–H and O–H groups in total. The predicted molar refractivity (Wildman–Crippen MR) is 96.3 cm³/mol. The van der Waals surface area contributed by atoms with Gasteiger partial charge in [-0.25, -0.2) is 4.79 Å². The van der Waals surface area contributed by atoms with E-state index in [1.807, 2.05) is 30.3 Å². The van der Waals surface area contributed by atoms with E-state index in [4.69, 9.17) is 4.74 Å². The minimum absolute atomic E-state index is 0.0132. The number of likely N-dealkylation sites (N-methyl/N-ethyl adjacent to an activating group) is 1. The second-order valence-electron chi connectivity index (χ2n) is 6.21. The van der Waals surface area contributed by atoms with Gasteiger partial charge in [0, 0.05) is 19.9 Å². The Kier molecular flexibility index (Phi) is 5.33. The maximum atomic E-state index is 12.6. The number of hydrogen-bond donors (Lipinski definition) is 1. The molecule has 0 radical (unpaired) electrons. The Morgan fingerprint density at radius 2 is 2.04 bits per heavy atom. The summed E-state index contributed by atoms with van der Waals surface area (Å²) < 4.78 is 5.05. The van der Waals surface area contributed by atoms with Crippen LogP contribution in [0.15, 0.2) is 41.6 Å². The lowest BCUT2D eigenvalue weighted by molar-refractivity contribution is -0.158. The number of nitrogens with zero attached hydrogens (tertiary/aromatic N) is 2. The minimum Gasteiger partial charge on any atom is -0.477 e. The molecular weight excluding hydrogens is 356 g/mol. The highest BCUT2D eigenvalue weighted by Crippen LogP contribution is 2.42. The number of ether oxygens (including phenoxy) is 1. The fourth-order valence-corrected chi connectivity index (χ4v) is 4.65. The highest BCUT2D eigenvalue weighted by Gasteiger charge is 2.56. The molecule has 2 aliphatic heterocycles. The molecule has 2 atom stereocenters. The third-order valence-electron chi connectivity index (χ3n) is 4.55. The van der Waals surface area contributed by atoms with Gasteiger partial charge < -0.3 is 14.7 Å². The zero-order valence-electron chi connectivity index (χ0n) is 14.5. The maximum Gasteiger partial charge on any atom is 0.352 e. The smallest absolute Gasteiger partial charge is 0.352 e. The van der Waals surface area contributed by atoms with Crippen LogP contribution in [0.1, 0.15) is 5.56 Å². The van der Waals surface area contributed by atoms with Crippen molar-refractivity contribution in [3.8, 4) is 0 Å². The van der Waals surface area contributed by atoms with Gasteiger partial charge >= 0.3 is 5.97 Å².